The number of nitrogens with zero attached hydrogens (tertiary/aromatic N) is 2. The Labute approximate surface area is 136 Å². The molecular formula is C16H15IN2S. The van der Waals surface area contributed by atoms with Gasteiger partial charge in [0.2, 0.25) is 0 Å². The van der Waals surface area contributed by atoms with Crippen molar-refractivity contribution >= 4 is 49.8 Å². The fraction of sp³-hybridized carbons (Fsp3) is 0.188. The van der Waals surface area contributed by atoms with Crippen LogP contribution in [0.4, 0.5) is 5.69 Å². The van der Waals surface area contributed by atoms with Gasteiger partial charge >= 0.3 is 0 Å². The molecule has 0 unspecified atom stereocenters. The molecule has 3 aromatic rings. The second kappa shape index (κ2) is 5.33. The van der Waals surface area contributed by atoms with E-state index >= 15 is 0 Å². The van der Waals surface area contributed by atoms with Gasteiger partial charge in [-0.1, -0.05) is 6.07 Å². The molecule has 0 saturated heterocycles. The second-order valence-corrected chi connectivity index (χ2v) is 7.24. The van der Waals surface area contributed by atoms with Crippen molar-refractivity contribution in [3.8, 4) is 10.6 Å². The fourth-order valence-corrected chi connectivity index (χ4v) is 4.10. The summed E-state index contributed by atoms with van der Waals surface area (Å²) in [6.45, 7) is 2.10. The Bertz CT molecular complexity index is 777. The molecule has 0 fully saturated rings. The van der Waals surface area contributed by atoms with Gasteiger partial charge in [-0.2, -0.15) is 0 Å². The van der Waals surface area contributed by atoms with Crippen molar-refractivity contribution < 1.29 is 0 Å². The molecule has 0 atom stereocenters. The van der Waals surface area contributed by atoms with Crippen LogP contribution in [0.2, 0.25) is 0 Å². The van der Waals surface area contributed by atoms with Crippen LogP contribution in [0.3, 0.4) is 0 Å². The topological polar surface area (TPSA) is 16.1 Å². The van der Waals surface area contributed by atoms with Crippen LogP contribution in [-0.4, -0.2) is 19.1 Å². The maximum Gasteiger partial charge on any atom is 0.124 e. The molecule has 1 heterocycles. The van der Waals surface area contributed by atoms with E-state index in [1.165, 1.54) is 25.1 Å². The summed E-state index contributed by atoms with van der Waals surface area (Å²) in [5, 5.41) is 1.09. The van der Waals surface area contributed by atoms with Crippen molar-refractivity contribution in [2.24, 2.45) is 0 Å². The van der Waals surface area contributed by atoms with Crippen LogP contribution in [0.1, 0.15) is 5.56 Å². The molecular weight excluding hydrogens is 379 g/mol. The maximum absolute atomic E-state index is 4.76. The van der Waals surface area contributed by atoms with Crippen LogP contribution in [0.5, 0.6) is 0 Å². The average Bonchev–Trinajstić information content (AvgIpc) is 2.81. The van der Waals surface area contributed by atoms with E-state index in [0.717, 1.165) is 10.5 Å². The molecule has 4 heteroatoms. The summed E-state index contributed by atoms with van der Waals surface area (Å²) in [4.78, 5) is 6.89. The van der Waals surface area contributed by atoms with Crippen LogP contribution in [0, 0.1) is 10.5 Å². The molecule has 102 valence electrons. The van der Waals surface area contributed by atoms with Gasteiger partial charge in [-0.25, -0.2) is 4.98 Å². The van der Waals surface area contributed by atoms with Gasteiger partial charge in [-0.05, 0) is 65.4 Å². The highest BCUT2D eigenvalue weighted by atomic mass is 127. The Morgan fingerprint density at radius 3 is 2.60 bits per heavy atom. The second-order valence-electron chi connectivity index (χ2n) is 5.05. The predicted molar refractivity (Wildman–Crippen MR) is 96.8 cm³/mol. The first-order chi connectivity index (χ1) is 9.54. The minimum atomic E-state index is 1.09. The van der Waals surface area contributed by atoms with Gasteiger partial charge < -0.3 is 4.90 Å². The van der Waals surface area contributed by atoms with Crippen LogP contribution in [0.25, 0.3) is 20.8 Å². The Kier molecular flexibility index (Phi) is 3.69. The van der Waals surface area contributed by atoms with Crippen molar-refractivity contribution in [1.82, 2.24) is 4.98 Å². The van der Waals surface area contributed by atoms with E-state index < -0.39 is 0 Å². The Morgan fingerprint density at radius 2 is 1.90 bits per heavy atom. The first-order valence-corrected chi connectivity index (χ1v) is 8.28. The highest BCUT2D eigenvalue weighted by Crippen LogP contribution is 2.33. The number of hydrogen-bond acceptors (Lipinski definition) is 3. The molecule has 2 nitrogen and oxygen atoms in total. The third-order valence-corrected chi connectivity index (χ3v) is 5.17. The highest BCUT2D eigenvalue weighted by Gasteiger charge is 2.09. The molecule has 2 aromatic carbocycles. The quantitative estimate of drug-likeness (QED) is 0.573. The standard InChI is InChI=1S/C16H15IN2S/c1-10-4-7-15-13(8-10)18-16(20-15)11-5-6-14(19(2)3)12(17)9-11/h4-9H,1-3H3. The van der Waals surface area contributed by atoms with Gasteiger partial charge in [-0.3, -0.25) is 0 Å². The number of aromatic nitrogens is 1. The highest BCUT2D eigenvalue weighted by molar-refractivity contribution is 14.1. The third kappa shape index (κ3) is 2.54. The maximum atomic E-state index is 4.76. The fourth-order valence-electron chi connectivity index (χ4n) is 2.16. The number of halogens is 1. The minimum Gasteiger partial charge on any atom is -0.377 e. The van der Waals surface area contributed by atoms with E-state index in [0.29, 0.717) is 0 Å². The van der Waals surface area contributed by atoms with E-state index in [2.05, 4.69) is 84.9 Å². The molecule has 20 heavy (non-hydrogen) atoms. The zero-order valence-electron chi connectivity index (χ0n) is 11.6. The third-order valence-electron chi connectivity index (χ3n) is 3.22. The van der Waals surface area contributed by atoms with Gasteiger partial charge in [0, 0.05) is 28.9 Å². The summed E-state index contributed by atoms with van der Waals surface area (Å²) in [7, 11) is 4.13. The van der Waals surface area contributed by atoms with Gasteiger partial charge in [0.25, 0.3) is 0 Å². The minimum absolute atomic E-state index is 1.09. The molecule has 0 aliphatic carbocycles. The molecule has 0 aliphatic heterocycles. The molecule has 0 N–H and O–H groups in total. The molecule has 0 spiro atoms. The van der Waals surface area contributed by atoms with E-state index in [4.69, 9.17) is 4.98 Å². The van der Waals surface area contributed by atoms with Gasteiger partial charge in [0.05, 0.1) is 10.2 Å². The van der Waals surface area contributed by atoms with Crippen LogP contribution in [0.15, 0.2) is 36.4 Å². The SMILES string of the molecule is Cc1ccc2sc(-c3ccc(N(C)C)c(I)c3)nc2c1. The smallest absolute Gasteiger partial charge is 0.124 e. The monoisotopic (exact) mass is 394 g/mol. The number of benzene rings is 2. The summed E-state index contributed by atoms with van der Waals surface area (Å²) in [6.07, 6.45) is 0. The molecule has 0 saturated carbocycles. The van der Waals surface area contributed by atoms with Crippen molar-refractivity contribution in [2.45, 2.75) is 6.92 Å². The van der Waals surface area contributed by atoms with Gasteiger partial charge in [-0.15, -0.1) is 11.3 Å². The van der Waals surface area contributed by atoms with Crippen molar-refractivity contribution in [1.29, 1.82) is 0 Å². The van der Waals surface area contributed by atoms with Gasteiger partial charge in [0.1, 0.15) is 5.01 Å². The molecule has 0 aliphatic rings. The largest absolute Gasteiger partial charge is 0.377 e. The average molecular weight is 394 g/mol. The molecule has 0 radical (unpaired) electrons. The van der Waals surface area contributed by atoms with E-state index in [1.54, 1.807) is 11.3 Å². The molecule has 0 bridgehead atoms. The molecule has 1 aromatic heterocycles. The Morgan fingerprint density at radius 1 is 1.10 bits per heavy atom. The zero-order chi connectivity index (χ0) is 14.3. The lowest BCUT2D eigenvalue weighted by Gasteiger charge is -2.14. The number of thiazole rings is 1. The molecule has 3 rings (SSSR count). The Hall–Kier alpha value is -1.14. The Balaban J connectivity index is 2.08. The first kappa shape index (κ1) is 13.8. The van der Waals surface area contributed by atoms with Crippen LogP contribution in [-0.2, 0) is 0 Å². The predicted octanol–water partition coefficient (Wildman–Crippen LogP) is 4.94. The van der Waals surface area contributed by atoms with Crippen molar-refractivity contribution in [3.05, 3.63) is 45.5 Å². The normalized spacial score (nSPS) is 11.0. The summed E-state index contributed by atoms with van der Waals surface area (Å²) >= 11 is 4.14. The number of aryl methyl sites for hydroxylation is 1. The first-order valence-electron chi connectivity index (χ1n) is 6.39. The van der Waals surface area contributed by atoms with Crippen LogP contribution >= 0.6 is 33.9 Å². The lowest BCUT2D eigenvalue weighted by molar-refractivity contribution is 1.12. The summed E-state index contributed by atoms with van der Waals surface area (Å²) in [5.74, 6) is 0. The summed E-state index contributed by atoms with van der Waals surface area (Å²) in [6, 6.07) is 13.0. The molecule has 0 amide bonds. The number of rotatable bonds is 2. The lowest BCUT2D eigenvalue weighted by Crippen LogP contribution is -2.10. The summed E-state index contributed by atoms with van der Waals surface area (Å²) < 4.78 is 2.50. The summed E-state index contributed by atoms with van der Waals surface area (Å²) in [5.41, 5.74) is 4.79. The van der Waals surface area contributed by atoms with Gasteiger partial charge in [0.15, 0.2) is 0 Å². The lowest BCUT2D eigenvalue weighted by atomic mass is 10.2. The number of hydrogen-bond donors (Lipinski definition) is 0. The van der Waals surface area contributed by atoms with Crippen LogP contribution < -0.4 is 4.90 Å². The van der Waals surface area contributed by atoms with Crippen molar-refractivity contribution in [3.63, 3.8) is 0 Å². The number of anilines is 1. The van der Waals surface area contributed by atoms with E-state index in [-0.39, 0.29) is 0 Å². The number of fused-ring (bicyclic) bond motifs is 1. The van der Waals surface area contributed by atoms with E-state index in [9.17, 15) is 0 Å². The zero-order valence-corrected chi connectivity index (χ0v) is 14.6. The van der Waals surface area contributed by atoms with Crippen molar-refractivity contribution in [2.75, 3.05) is 19.0 Å². The van der Waals surface area contributed by atoms with E-state index in [1.807, 2.05) is 0 Å².